The quantitative estimate of drug-likeness (QED) is 0.610. The Bertz CT molecular complexity index is 289. The molecule has 0 unspecified atom stereocenters. The molecule has 4 heteroatoms. The lowest BCUT2D eigenvalue weighted by atomic mass is 9.88. The molecule has 4 nitrogen and oxygen atoms in total. The summed E-state index contributed by atoms with van der Waals surface area (Å²) in [6.07, 6.45) is 5.30. The lowest BCUT2D eigenvalue weighted by molar-refractivity contribution is -0.152. The van der Waals surface area contributed by atoms with Crippen molar-refractivity contribution in [1.82, 2.24) is 4.90 Å². The van der Waals surface area contributed by atoms with E-state index >= 15 is 0 Å². The summed E-state index contributed by atoms with van der Waals surface area (Å²) in [5.41, 5.74) is 0. The van der Waals surface area contributed by atoms with Gasteiger partial charge < -0.3 is 0 Å². The number of carbonyl (C=O) groups excluding carboxylic acids is 3. The van der Waals surface area contributed by atoms with Crippen molar-refractivity contribution in [1.29, 1.82) is 0 Å². The number of nitrogens with zero attached hydrogens (tertiary/aromatic N) is 1. The Balaban J connectivity index is 2.05. The highest BCUT2D eigenvalue weighted by atomic mass is 16.2. The Kier molecular flexibility index (Phi) is 2.84. The molecule has 0 aromatic heterocycles. The topological polar surface area (TPSA) is 54.5 Å². The molecule has 1 heterocycles. The van der Waals surface area contributed by atoms with Gasteiger partial charge in [-0.2, -0.15) is 0 Å². The lowest BCUT2D eigenvalue weighted by Gasteiger charge is -2.23. The number of hydrogen-bond acceptors (Lipinski definition) is 3. The number of carbonyl (C=O) groups is 3. The van der Waals surface area contributed by atoms with E-state index in [1.807, 2.05) is 0 Å². The molecule has 1 aliphatic heterocycles. The SMILES string of the molecule is O=C1CCC(=O)N1C(=O)C1CCCCC1. The number of amides is 3. The molecule has 0 bridgehead atoms. The third-order valence-corrected chi connectivity index (χ3v) is 3.23. The van der Waals surface area contributed by atoms with E-state index in [1.165, 1.54) is 0 Å². The van der Waals surface area contributed by atoms with E-state index in [1.54, 1.807) is 0 Å². The molecule has 0 N–H and O–H groups in total. The van der Waals surface area contributed by atoms with Crippen LogP contribution in [0.1, 0.15) is 44.9 Å². The van der Waals surface area contributed by atoms with E-state index in [4.69, 9.17) is 0 Å². The molecule has 0 atom stereocenters. The Morgan fingerprint density at radius 1 is 1.00 bits per heavy atom. The maximum Gasteiger partial charge on any atom is 0.239 e. The molecular weight excluding hydrogens is 194 g/mol. The van der Waals surface area contributed by atoms with Crippen LogP contribution in [0.2, 0.25) is 0 Å². The third kappa shape index (κ3) is 1.94. The summed E-state index contributed by atoms with van der Waals surface area (Å²) in [7, 11) is 0. The van der Waals surface area contributed by atoms with Crippen LogP contribution in [0.4, 0.5) is 0 Å². The fraction of sp³-hybridized carbons (Fsp3) is 0.727. The zero-order chi connectivity index (χ0) is 10.8. The summed E-state index contributed by atoms with van der Waals surface area (Å²) in [5, 5.41) is 0. The molecule has 1 aliphatic carbocycles. The third-order valence-electron chi connectivity index (χ3n) is 3.23. The van der Waals surface area contributed by atoms with Gasteiger partial charge in [0.2, 0.25) is 17.7 Å². The Hall–Kier alpha value is -1.19. The first kappa shape index (κ1) is 10.3. The van der Waals surface area contributed by atoms with Crippen LogP contribution in [-0.4, -0.2) is 22.6 Å². The average molecular weight is 209 g/mol. The van der Waals surface area contributed by atoms with Crippen LogP contribution in [0.15, 0.2) is 0 Å². The highest BCUT2D eigenvalue weighted by Gasteiger charge is 2.37. The molecule has 2 fully saturated rings. The highest BCUT2D eigenvalue weighted by Crippen LogP contribution is 2.27. The summed E-state index contributed by atoms with van der Waals surface area (Å²) in [6, 6.07) is 0. The summed E-state index contributed by atoms with van der Waals surface area (Å²) < 4.78 is 0. The van der Waals surface area contributed by atoms with E-state index in [9.17, 15) is 14.4 Å². The maximum atomic E-state index is 11.9. The van der Waals surface area contributed by atoms with Crippen molar-refractivity contribution in [2.24, 2.45) is 5.92 Å². The highest BCUT2D eigenvalue weighted by molar-refractivity contribution is 6.15. The predicted octanol–water partition coefficient (Wildman–Crippen LogP) is 1.24. The van der Waals surface area contributed by atoms with E-state index in [2.05, 4.69) is 0 Å². The van der Waals surface area contributed by atoms with Crippen molar-refractivity contribution >= 4 is 17.7 Å². The minimum Gasteiger partial charge on any atom is -0.274 e. The molecule has 0 aromatic carbocycles. The van der Waals surface area contributed by atoms with Crippen LogP contribution >= 0.6 is 0 Å². The molecule has 1 saturated carbocycles. The summed E-state index contributed by atoms with van der Waals surface area (Å²) in [5.74, 6) is -0.960. The minimum atomic E-state index is -0.310. The molecule has 82 valence electrons. The van der Waals surface area contributed by atoms with Gasteiger partial charge in [-0.15, -0.1) is 0 Å². The van der Waals surface area contributed by atoms with Crippen LogP contribution in [0, 0.1) is 5.92 Å². The standard InChI is InChI=1S/C11H15NO3/c13-9-6-7-10(14)12(9)11(15)8-4-2-1-3-5-8/h8H,1-7H2. The number of rotatable bonds is 1. The van der Waals surface area contributed by atoms with Crippen LogP contribution in [0.25, 0.3) is 0 Å². The summed E-state index contributed by atoms with van der Waals surface area (Å²) >= 11 is 0. The predicted molar refractivity (Wildman–Crippen MR) is 52.7 cm³/mol. The Morgan fingerprint density at radius 3 is 2.07 bits per heavy atom. The zero-order valence-corrected chi connectivity index (χ0v) is 8.70. The number of imide groups is 3. The first-order valence-electron chi connectivity index (χ1n) is 5.60. The normalized spacial score (nSPS) is 23.6. The molecule has 0 aromatic rings. The Labute approximate surface area is 88.6 Å². The molecule has 1 saturated heterocycles. The van der Waals surface area contributed by atoms with Crippen molar-refractivity contribution in [2.75, 3.05) is 0 Å². The zero-order valence-electron chi connectivity index (χ0n) is 8.70. The first-order chi connectivity index (χ1) is 7.20. The maximum absolute atomic E-state index is 11.9. The molecule has 15 heavy (non-hydrogen) atoms. The van der Waals surface area contributed by atoms with Gasteiger partial charge >= 0.3 is 0 Å². The molecule has 0 radical (unpaired) electrons. The fourth-order valence-corrected chi connectivity index (χ4v) is 2.35. The second-order valence-electron chi connectivity index (χ2n) is 4.30. The fourth-order valence-electron chi connectivity index (χ4n) is 2.35. The number of likely N-dealkylation sites (tertiary alicyclic amines) is 1. The van der Waals surface area contributed by atoms with Gasteiger partial charge in [0.15, 0.2) is 0 Å². The van der Waals surface area contributed by atoms with E-state index in [0.717, 1.165) is 37.0 Å². The van der Waals surface area contributed by atoms with Crippen LogP contribution in [-0.2, 0) is 14.4 Å². The van der Waals surface area contributed by atoms with Crippen LogP contribution in [0.5, 0.6) is 0 Å². The largest absolute Gasteiger partial charge is 0.274 e. The summed E-state index contributed by atoms with van der Waals surface area (Å²) in [4.78, 5) is 35.5. The molecule has 0 spiro atoms. The van der Waals surface area contributed by atoms with Crippen LogP contribution < -0.4 is 0 Å². The van der Waals surface area contributed by atoms with E-state index in [-0.39, 0.29) is 36.5 Å². The van der Waals surface area contributed by atoms with Crippen molar-refractivity contribution < 1.29 is 14.4 Å². The molecule has 2 rings (SSSR count). The van der Waals surface area contributed by atoms with E-state index < -0.39 is 0 Å². The smallest absolute Gasteiger partial charge is 0.239 e. The molecule has 3 amide bonds. The summed E-state index contributed by atoms with van der Waals surface area (Å²) in [6.45, 7) is 0. The lowest BCUT2D eigenvalue weighted by Crippen LogP contribution is -2.40. The van der Waals surface area contributed by atoms with Gasteiger partial charge in [0.25, 0.3) is 0 Å². The molecular formula is C11H15NO3. The van der Waals surface area contributed by atoms with Crippen molar-refractivity contribution in [2.45, 2.75) is 44.9 Å². The second-order valence-corrected chi connectivity index (χ2v) is 4.30. The van der Waals surface area contributed by atoms with E-state index in [0.29, 0.717) is 0 Å². The van der Waals surface area contributed by atoms with Gasteiger partial charge in [-0.25, -0.2) is 4.90 Å². The van der Waals surface area contributed by atoms with Crippen molar-refractivity contribution in [3.8, 4) is 0 Å². The van der Waals surface area contributed by atoms with Gasteiger partial charge in [-0.3, -0.25) is 14.4 Å². The van der Waals surface area contributed by atoms with Crippen LogP contribution in [0.3, 0.4) is 0 Å². The molecule has 2 aliphatic rings. The first-order valence-corrected chi connectivity index (χ1v) is 5.60. The Morgan fingerprint density at radius 2 is 1.53 bits per heavy atom. The van der Waals surface area contributed by atoms with Gasteiger partial charge in [-0.05, 0) is 12.8 Å². The second kappa shape index (κ2) is 4.13. The van der Waals surface area contributed by atoms with Gasteiger partial charge in [-0.1, -0.05) is 19.3 Å². The van der Waals surface area contributed by atoms with Gasteiger partial charge in [0.05, 0.1) is 0 Å². The number of hydrogen-bond donors (Lipinski definition) is 0. The average Bonchev–Trinajstić information content (AvgIpc) is 2.59. The monoisotopic (exact) mass is 209 g/mol. The van der Waals surface area contributed by atoms with Gasteiger partial charge in [0, 0.05) is 18.8 Å². The van der Waals surface area contributed by atoms with Crippen molar-refractivity contribution in [3.63, 3.8) is 0 Å². The van der Waals surface area contributed by atoms with Gasteiger partial charge in [0.1, 0.15) is 0 Å². The minimum absolute atomic E-state index is 0.0928. The van der Waals surface area contributed by atoms with Crippen molar-refractivity contribution in [3.05, 3.63) is 0 Å².